The minimum absolute atomic E-state index is 0.0499. The highest BCUT2D eigenvalue weighted by Crippen LogP contribution is 2.29. The van der Waals surface area contributed by atoms with Crippen molar-refractivity contribution >= 4 is 15.9 Å². The number of hydrogen-bond acceptors (Lipinski definition) is 5. The Kier molecular flexibility index (Phi) is 6.43. The van der Waals surface area contributed by atoms with E-state index < -0.39 is 10.0 Å². The van der Waals surface area contributed by atoms with Gasteiger partial charge in [0.25, 0.3) is 5.91 Å². The van der Waals surface area contributed by atoms with Crippen LogP contribution in [0.15, 0.2) is 54.9 Å². The lowest BCUT2D eigenvalue weighted by atomic mass is 9.84. The number of pyridine rings is 1. The van der Waals surface area contributed by atoms with Crippen molar-refractivity contribution in [1.82, 2.24) is 19.7 Å². The van der Waals surface area contributed by atoms with E-state index in [2.05, 4.69) is 22.4 Å². The first-order valence-corrected chi connectivity index (χ1v) is 11.2. The molecule has 1 fully saturated rings. The quantitative estimate of drug-likeness (QED) is 0.746. The molecule has 1 aromatic carbocycles. The van der Waals surface area contributed by atoms with Gasteiger partial charge < -0.3 is 5.32 Å². The molecule has 7 nitrogen and oxygen atoms in total. The number of carbonyl (C=O) groups excluding carboxylic acids is 1. The van der Waals surface area contributed by atoms with Gasteiger partial charge in [-0.1, -0.05) is 30.3 Å². The van der Waals surface area contributed by atoms with Crippen molar-refractivity contribution < 1.29 is 13.2 Å². The van der Waals surface area contributed by atoms with Crippen LogP contribution in [0, 0.1) is 0 Å². The normalized spacial score (nSPS) is 20.1. The van der Waals surface area contributed by atoms with Crippen molar-refractivity contribution in [2.75, 3.05) is 26.4 Å². The molecule has 0 unspecified atom stereocenters. The van der Waals surface area contributed by atoms with E-state index in [1.54, 1.807) is 12.1 Å². The third-order valence-electron chi connectivity index (χ3n) is 5.16. The predicted octanol–water partition coefficient (Wildman–Crippen LogP) is 1.87. The smallest absolute Gasteiger partial charge is 0.269 e. The first kappa shape index (κ1) is 20.4. The number of carbonyl (C=O) groups is 1. The fourth-order valence-electron chi connectivity index (χ4n) is 3.58. The van der Waals surface area contributed by atoms with Gasteiger partial charge in [-0.3, -0.25) is 14.8 Å². The summed E-state index contributed by atoms with van der Waals surface area (Å²) in [5.74, 6) is -0.162. The zero-order valence-corrected chi connectivity index (χ0v) is 17.0. The molecular formula is C20H26N4O3S. The van der Waals surface area contributed by atoms with Crippen LogP contribution < -0.4 is 5.32 Å². The number of sulfonamides is 1. The maximum absolute atomic E-state index is 13.1. The highest BCUT2D eigenvalue weighted by Gasteiger charge is 2.33. The molecule has 1 aliphatic heterocycles. The number of benzene rings is 1. The van der Waals surface area contributed by atoms with Gasteiger partial charge in [0.1, 0.15) is 0 Å². The highest BCUT2D eigenvalue weighted by molar-refractivity contribution is 7.88. The molecule has 150 valence electrons. The van der Waals surface area contributed by atoms with Crippen LogP contribution in [0.5, 0.6) is 0 Å². The van der Waals surface area contributed by atoms with E-state index in [4.69, 9.17) is 0 Å². The number of nitrogens with zero attached hydrogens (tertiary/aromatic N) is 3. The molecule has 0 aliphatic carbocycles. The first-order chi connectivity index (χ1) is 13.4. The van der Waals surface area contributed by atoms with Crippen molar-refractivity contribution in [3.63, 3.8) is 0 Å². The first-order valence-electron chi connectivity index (χ1n) is 9.32. The van der Waals surface area contributed by atoms with Crippen LogP contribution in [0.25, 0.3) is 0 Å². The van der Waals surface area contributed by atoms with Crippen molar-refractivity contribution in [3.8, 4) is 0 Å². The second-order valence-electron chi connectivity index (χ2n) is 7.04. The Morgan fingerprint density at radius 3 is 2.50 bits per heavy atom. The van der Waals surface area contributed by atoms with Gasteiger partial charge in [0.05, 0.1) is 12.8 Å². The van der Waals surface area contributed by atoms with Gasteiger partial charge in [-0.15, -0.1) is 4.41 Å². The third-order valence-corrected chi connectivity index (χ3v) is 6.32. The SMILES string of the molecule is CN(N(C[C@H]1NCCC[C@H]1c1ccccc1)C(=O)c1ccncc1)S(C)(=O)=O. The van der Waals surface area contributed by atoms with E-state index in [9.17, 15) is 13.2 Å². The van der Waals surface area contributed by atoms with Crippen molar-refractivity contribution in [2.24, 2.45) is 0 Å². The molecule has 1 aromatic heterocycles. The summed E-state index contributed by atoms with van der Waals surface area (Å²) in [4.78, 5) is 17.0. The Morgan fingerprint density at radius 2 is 1.86 bits per heavy atom. The highest BCUT2D eigenvalue weighted by atomic mass is 32.2. The molecule has 0 spiro atoms. The molecule has 8 heteroatoms. The average molecular weight is 403 g/mol. The summed E-state index contributed by atoms with van der Waals surface area (Å²) in [5, 5.41) is 4.79. The molecule has 1 amide bonds. The summed E-state index contributed by atoms with van der Waals surface area (Å²) in [6, 6.07) is 13.3. The lowest BCUT2D eigenvalue weighted by Crippen LogP contribution is -2.55. The fraction of sp³-hybridized carbons (Fsp3) is 0.400. The van der Waals surface area contributed by atoms with Gasteiger partial charge >= 0.3 is 0 Å². The zero-order valence-electron chi connectivity index (χ0n) is 16.2. The lowest BCUT2D eigenvalue weighted by Gasteiger charge is -2.39. The molecule has 1 N–H and O–H groups in total. The van der Waals surface area contributed by atoms with Crippen LogP contribution in [-0.2, 0) is 10.0 Å². The number of hydrazine groups is 1. The number of rotatable bonds is 6. The Hall–Kier alpha value is -2.29. The predicted molar refractivity (Wildman–Crippen MR) is 108 cm³/mol. The molecule has 28 heavy (non-hydrogen) atoms. The Morgan fingerprint density at radius 1 is 1.18 bits per heavy atom. The number of piperidine rings is 1. The third kappa shape index (κ3) is 4.76. The van der Waals surface area contributed by atoms with Crippen molar-refractivity contribution in [1.29, 1.82) is 0 Å². The summed E-state index contributed by atoms with van der Waals surface area (Å²) < 4.78 is 25.4. The topological polar surface area (TPSA) is 82.6 Å². The summed E-state index contributed by atoms with van der Waals surface area (Å²) in [6.07, 6.45) is 6.18. The number of hydrogen-bond donors (Lipinski definition) is 1. The molecule has 2 heterocycles. The van der Waals surface area contributed by atoms with Crippen LogP contribution in [0.2, 0.25) is 0 Å². The summed E-state index contributed by atoms with van der Waals surface area (Å²) >= 11 is 0. The molecule has 1 aliphatic rings. The van der Waals surface area contributed by atoms with E-state index in [1.165, 1.54) is 30.0 Å². The lowest BCUT2D eigenvalue weighted by molar-refractivity contribution is 0.0366. The van der Waals surface area contributed by atoms with Gasteiger partial charge in [-0.2, -0.15) is 0 Å². The van der Waals surface area contributed by atoms with E-state index >= 15 is 0 Å². The van der Waals surface area contributed by atoms with Gasteiger partial charge in [-0.05, 0) is 37.1 Å². The van der Waals surface area contributed by atoms with Crippen LogP contribution in [0.3, 0.4) is 0 Å². The van der Waals surface area contributed by atoms with Gasteiger partial charge in [0.2, 0.25) is 10.0 Å². The fourth-order valence-corrected chi connectivity index (χ4v) is 4.08. The van der Waals surface area contributed by atoms with Crippen molar-refractivity contribution in [2.45, 2.75) is 24.8 Å². The molecule has 2 atom stereocenters. The summed E-state index contributed by atoms with van der Waals surface area (Å²) in [5.41, 5.74) is 1.59. The molecular weight excluding hydrogens is 376 g/mol. The maximum Gasteiger partial charge on any atom is 0.269 e. The number of nitrogens with one attached hydrogen (secondary N) is 1. The van der Waals surface area contributed by atoms with E-state index in [-0.39, 0.29) is 24.4 Å². The molecule has 0 saturated carbocycles. The Balaban J connectivity index is 1.90. The minimum atomic E-state index is -3.59. The van der Waals surface area contributed by atoms with Gasteiger partial charge in [0.15, 0.2) is 0 Å². The molecule has 2 aromatic rings. The van der Waals surface area contributed by atoms with Gasteiger partial charge in [-0.25, -0.2) is 8.42 Å². The molecule has 0 radical (unpaired) electrons. The standard InChI is InChI=1S/C20H26N4O3S/c1-23(28(2,26)27)24(20(25)17-10-13-21-14-11-17)15-19-18(9-6-12-22-19)16-7-4-3-5-8-16/h3-5,7-8,10-11,13-14,18-19,22H,6,9,12,15H2,1-2H3/t18-,19+/m0/s1. The minimum Gasteiger partial charge on any atom is -0.312 e. The second-order valence-corrected chi connectivity index (χ2v) is 9.03. The number of amides is 1. The van der Waals surface area contributed by atoms with E-state index in [1.807, 2.05) is 18.2 Å². The maximum atomic E-state index is 13.1. The van der Waals surface area contributed by atoms with E-state index in [0.717, 1.165) is 30.1 Å². The average Bonchev–Trinajstić information content (AvgIpc) is 2.72. The van der Waals surface area contributed by atoms with E-state index in [0.29, 0.717) is 5.56 Å². The zero-order chi connectivity index (χ0) is 20.1. The summed E-state index contributed by atoms with van der Waals surface area (Å²) in [7, 11) is -2.18. The van der Waals surface area contributed by atoms with Crippen LogP contribution >= 0.6 is 0 Å². The van der Waals surface area contributed by atoms with Gasteiger partial charge in [0, 0.05) is 37.0 Å². The monoisotopic (exact) mass is 402 g/mol. The molecule has 1 saturated heterocycles. The Labute approximate surface area is 166 Å². The number of aromatic nitrogens is 1. The molecule has 0 bridgehead atoms. The van der Waals surface area contributed by atoms with Crippen LogP contribution in [0.4, 0.5) is 0 Å². The van der Waals surface area contributed by atoms with Crippen LogP contribution in [-0.4, -0.2) is 61.2 Å². The largest absolute Gasteiger partial charge is 0.312 e. The van der Waals surface area contributed by atoms with Crippen molar-refractivity contribution in [3.05, 3.63) is 66.0 Å². The Bertz CT molecular complexity index is 890. The molecule has 3 rings (SSSR count). The van der Waals surface area contributed by atoms with Crippen LogP contribution in [0.1, 0.15) is 34.7 Å². The summed E-state index contributed by atoms with van der Waals surface area (Å²) in [6.45, 7) is 1.10. The second kappa shape index (κ2) is 8.81.